The number of nitrogens with zero attached hydrogens (tertiary/aromatic N) is 3. The lowest BCUT2D eigenvalue weighted by Gasteiger charge is -2.47. The van der Waals surface area contributed by atoms with Gasteiger partial charge in [-0.2, -0.15) is 0 Å². The van der Waals surface area contributed by atoms with E-state index in [9.17, 15) is 0 Å². The molecule has 4 unspecified atom stereocenters. The van der Waals surface area contributed by atoms with Crippen LogP contribution >= 0.6 is 0 Å². The van der Waals surface area contributed by atoms with E-state index in [1.165, 1.54) is 38.5 Å². The quantitative estimate of drug-likeness (QED) is 0.783. The SMILES string of the molecule is CCC1C(N(C)C)N=CN(C(C)C2CCCCC2)C1C. The standard InChI is InChI=1S/C17H33N3/c1-6-16-14(3)20(12-18-17(16)19(4)5)13(2)15-10-8-7-9-11-15/h12-17H,6-11H2,1-5H3. The first kappa shape index (κ1) is 15.8. The van der Waals surface area contributed by atoms with Gasteiger partial charge in [0.1, 0.15) is 6.17 Å². The Hall–Kier alpha value is -0.570. The van der Waals surface area contributed by atoms with E-state index >= 15 is 0 Å². The number of aliphatic imine (C=N–C) groups is 1. The highest BCUT2D eigenvalue weighted by Gasteiger charge is 2.36. The van der Waals surface area contributed by atoms with Gasteiger partial charge in [0.05, 0.1) is 6.34 Å². The van der Waals surface area contributed by atoms with Gasteiger partial charge in [-0.3, -0.25) is 9.89 Å². The van der Waals surface area contributed by atoms with Gasteiger partial charge in [-0.05, 0) is 53.1 Å². The van der Waals surface area contributed by atoms with Crippen LogP contribution in [0.25, 0.3) is 0 Å². The summed E-state index contributed by atoms with van der Waals surface area (Å²) in [5.41, 5.74) is 0. The van der Waals surface area contributed by atoms with E-state index in [0.717, 1.165) is 5.92 Å². The van der Waals surface area contributed by atoms with Gasteiger partial charge in [-0.25, -0.2) is 0 Å². The molecule has 0 spiro atoms. The zero-order valence-corrected chi connectivity index (χ0v) is 14.0. The van der Waals surface area contributed by atoms with Gasteiger partial charge < -0.3 is 4.90 Å². The van der Waals surface area contributed by atoms with Crippen molar-refractivity contribution in [2.24, 2.45) is 16.8 Å². The normalized spacial score (nSPS) is 33.7. The van der Waals surface area contributed by atoms with Crippen LogP contribution in [-0.4, -0.2) is 48.5 Å². The van der Waals surface area contributed by atoms with E-state index in [1.54, 1.807) is 0 Å². The van der Waals surface area contributed by atoms with Crippen LogP contribution in [-0.2, 0) is 0 Å². The average molecular weight is 279 g/mol. The molecule has 3 heteroatoms. The van der Waals surface area contributed by atoms with E-state index in [0.29, 0.717) is 24.2 Å². The van der Waals surface area contributed by atoms with Gasteiger partial charge >= 0.3 is 0 Å². The highest BCUT2D eigenvalue weighted by atomic mass is 15.3. The van der Waals surface area contributed by atoms with Crippen molar-refractivity contribution >= 4 is 6.34 Å². The van der Waals surface area contributed by atoms with Crippen LogP contribution in [0.5, 0.6) is 0 Å². The topological polar surface area (TPSA) is 18.8 Å². The molecule has 0 aromatic rings. The van der Waals surface area contributed by atoms with Crippen molar-refractivity contribution in [3.05, 3.63) is 0 Å². The van der Waals surface area contributed by atoms with Gasteiger partial charge in [0.25, 0.3) is 0 Å². The highest BCUT2D eigenvalue weighted by molar-refractivity contribution is 5.57. The molecule has 0 N–H and O–H groups in total. The third-order valence-corrected chi connectivity index (χ3v) is 5.63. The molecule has 0 aromatic heterocycles. The minimum absolute atomic E-state index is 0.352. The molecule has 1 saturated carbocycles. The Morgan fingerprint density at radius 3 is 2.45 bits per heavy atom. The number of hydrogen-bond acceptors (Lipinski definition) is 3. The molecule has 4 atom stereocenters. The van der Waals surface area contributed by atoms with Crippen molar-refractivity contribution in [3.63, 3.8) is 0 Å². The third kappa shape index (κ3) is 3.19. The second-order valence-electron chi connectivity index (χ2n) is 7.04. The van der Waals surface area contributed by atoms with Crippen LogP contribution in [0.2, 0.25) is 0 Å². The fraction of sp³-hybridized carbons (Fsp3) is 0.941. The van der Waals surface area contributed by atoms with E-state index in [2.05, 4.69) is 51.0 Å². The predicted octanol–water partition coefficient (Wildman–Crippen LogP) is 3.60. The lowest BCUT2D eigenvalue weighted by Crippen LogP contribution is -2.54. The molecule has 2 aliphatic rings. The van der Waals surface area contributed by atoms with Crippen LogP contribution in [0, 0.1) is 11.8 Å². The first-order valence-corrected chi connectivity index (χ1v) is 8.53. The zero-order valence-electron chi connectivity index (χ0n) is 14.0. The average Bonchev–Trinajstić information content (AvgIpc) is 2.47. The molecule has 0 saturated heterocycles. The highest BCUT2D eigenvalue weighted by Crippen LogP contribution is 2.33. The van der Waals surface area contributed by atoms with Crippen LogP contribution in [0.1, 0.15) is 59.3 Å². The van der Waals surface area contributed by atoms with Crippen molar-refractivity contribution in [2.75, 3.05) is 14.1 Å². The summed E-state index contributed by atoms with van der Waals surface area (Å²) in [6.07, 6.45) is 10.8. The van der Waals surface area contributed by atoms with Crippen LogP contribution < -0.4 is 0 Å². The van der Waals surface area contributed by atoms with Crippen LogP contribution in [0.3, 0.4) is 0 Å². The fourth-order valence-corrected chi connectivity index (χ4v) is 4.24. The molecule has 1 fully saturated rings. The summed E-state index contributed by atoms with van der Waals surface area (Å²) in [6, 6.07) is 1.24. The van der Waals surface area contributed by atoms with Gasteiger partial charge in [0.15, 0.2) is 0 Å². The van der Waals surface area contributed by atoms with Gasteiger partial charge in [-0.1, -0.05) is 26.2 Å². The van der Waals surface area contributed by atoms with Crippen LogP contribution in [0.15, 0.2) is 4.99 Å². The zero-order chi connectivity index (χ0) is 14.7. The van der Waals surface area contributed by atoms with E-state index < -0.39 is 0 Å². The van der Waals surface area contributed by atoms with Crippen molar-refractivity contribution in [3.8, 4) is 0 Å². The molecule has 0 aromatic carbocycles. The predicted molar refractivity (Wildman–Crippen MR) is 87.1 cm³/mol. The summed E-state index contributed by atoms with van der Waals surface area (Å²) in [7, 11) is 4.30. The Morgan fingerprint density at radius 2 is 1.90 bits per heavy atom. The maximum absolute atomic E-state index is 4.86. The minimum Gasteiger partial charge on any atom is -0.357 e. The summed E-state index contributed by atoms with van der Waals surface area (Å²) in [5, 5.41) is 0. The molecule has 1 aliphatic heterocycles. The third-order valence-electron chi connectivity index (χ3n) is 5.63. The Labute approximate surface area is 125 Å². The monoisotopic (exact) mass is 279 g/mol. The molecule has 116 valence electrons. The minimum atomic E-state index is 0.352. The largest absolute Gasteiger partial charge is 0.357 e. The molecule has 0 amide bonds. The Kier molecular flexibility index (Phi) is 5.48. The summed E-state index contributed by atoms with van der Waals surface area (Å²) < 4.78 is 0. The number of hydrogen-bond donors (Lipinski definition) is 0. The van der Waals surface area contributed by atoms with Crippen molar-refractivity contribution in [2.45, 2.75) is 77.5 Å². The molecule has 0 bridgehead atoms. The van der Waals surface area contributed by atoms with Gasteiger partial charge in [-0.15, -0.1) is 0 Å². The smallest absolute Gasteiger partial charge is 0.108 e. The summed E-state index contributed by atoms with van der Waals surface area (Å²) in [6.45, 7) is 7.12. The summed E-state index contributed by atoms with van der Waals surface area (Å²) >= 11 is 0. The molecule has 0 radical (unpaired) electrons. The van der Waals surface area contributed by atoms with E-state index in [4.69, 9.17) is 4.99 Å². The first-order chi connectivity index (χ1) is 9.56. The summed E-state index contributed by atoms with van der Waals surface area (Å²) in [5.74, 6) is 1.51. The second-order valence-corrected chi connectivity index (χ2v) is 7.04. The van der Waals surface area contributed by atoms with Crippen LogP contribution in [0.4, 0.5) is 0 Å². The lowest BCUT2D eigenvalue weighted by atomic mass is 9.82. The molecule has 1 heterocycles. The molecule has 2 rings (SSSR count). The lowest BCUT2D eigenvalue weighted by molar-refractivity contribution is 0.0764. The first-order valence-electron chi connectivity index (χ1n) is 8.53. The maximum atomic E-state index is 4.86. The van der Waals surface area contributed by atoms with Crippen molar-refractivity contribution in [1.82, 2.24) is 9.80 Å². The molecule has 20 heavy (non-hydrogen) atoms. The fourth-order valence-electron chi connectivity index (χ4n) is 4.24. The maximum Gasteiger partial charge on any atom is 0.108 e. The Bertz CT molecular complexity index is 320. The number of rotatable bonds is 4. The second kappa shape index (κ2) is 6.93. The van der Waals surface area contributed by atoms with Gasteiger partial charge in [0.2, 0.25) is 0 Å². The van der Waals surface area contributed by atoms with E-state index in [1.807, 2.05) is 0 Å². The molecular weight excluding hydrogens is 246 g/mol. The summed E-state index contributed by atoms with van der Waals surface area (Å²) in [4.78, 5) is 9.68. The molecule has 3 nitrogen and oxygen atoms in total. The Morgan fingerprint density at radius 1 is 1.25 bits per heavy atom. The molecular formula is C17H33N3. The Balaban J connectivity index is 2.09. The van der Waals surface area contributed by atoms with Gasteiger partial charge in [0, 0.05) is 18.0 Å². The van der Waals surface area contributed by atoms with Crippen molar-refractivity contribution in [1.29, 1.82) is 0 Å². The van der Waals surface area contributed by atoms with Crippen molar-refractivity contribution < 1.29 is 0 Å². The molecule has 1 aliphatic carbocycles. The van der Waals surface area contributed by atoms with E-state index in [-0.39, 0.29) is 0 Å².